The molecule has 1 saturated carbocycles. The van der Waals surface area contributed by atoms with Crippen LogP contribution >= 0.6 is 0 Å². The Morgan fingerprint density at radius 1 is 1.07 bits per heavy atom. The van der Waals surface area contributed by atoms with Gasteiger partial charge in [-0.3, -0.25) is 0 Å². The molecular formula is C14H32. The highest BCUT2D eigenvalue weighted by molar-refractivity contribution is 4.78. The van der Waals surface area contributed by atoms with Crippen LogP contribution in [0.1, 0.15) is 80.6 Å². The van der Waals surface area contributed by atoms with Gasteiger partial charge in [0, 0.05) is 0 Å². The second-order valence-corrected chi connectivity index (χ2v) is 4.53. The van der Waals surface area contributed by atoms with Crippen LogP contribution in [0.4, 0.5) is 0 Å². The van der Waals surface area contributed by atoms with Gasteiger partial charge in [0.25, 0.3) is 0 Å². The lowest BCUT2D eigenvalue weighted by Crippen LogP contribution is -2.21. The smallest absolute Gasteiger partial charge is 0.0352 e. The molecule has 14 heavy (non-hydrogen) atoms. The maximum atomic E-state index is 2.41. The first kappa shape index (κ1) is 16.4. The van der Waals surface area contributed by atoms with Gasteiger partial charge in [0.05, 0.1) is 0 Å². The SMILES string of the molecule is CC.CC.CCC1CCCC(C)(C)C1. The van der Waals surface area contributed by atoms with Crippen LogP contribution in [0, 0.1) is 11.3 Å². The van der Waals surface area contributed by atoms with E-state index in [1.54, 1.807) is 0 Å². The third kappa shape index (κ3) is 7.41. The van der Waals surface area contributed by atoms with Crippen LogP contribution in [-0.2, 0) is 0 Å². The number of rotatable bonds is 1. The minimum atomic E-state index is 0.652. The van der Waals surface area contributed by atoms with E-state index in [0.29, 0.717) is 5.41 Å². The van der Waals surface area contributed by atoms with Gasteiger partial charge in [-0.05, 0) is 24.2 Å². The first-order chi connectivity index (χ1) is 6.64. The van der Waals surface area contributed by atoms with Gasteiger partial charge in [0.1, 0.15) is 0 Å². The molecule has 0 radical (unpaired) electrons. The molecule has 0 bridgehead atoms. The summed E-state index contributed by atoms with van der Waals surface area (Å²) < 4.78 is 0. The lowest BCUT2D eigenvalue weighted by molar-refractivity contribution is 0.177. The van der Waals surface area contributed by atoms with E-state index < -0.39 is 0 Å². The van der Waals surface area contributed by atoms with Crippen molar-refractivity contribution in [1.82, 2.24) is 0 Å². The monoisotopic (exact) mass is 200 g/mol. The lowest BCUT2D eigenvalue weighted by atomic mass is 9.71. The van der Waals surface area contributed by atoms with Gasteiger partial charge in [-0.25, -0.2) is 0 Å². The molecule has 0 nitrogen and oxygen atoms in total. The first-order valence-electron chi connectivity index (χ1n) is 6.64. The van der Waals surface area contributed by atoms with Crippen LogP contribution in [0.15, 0.2) is 0 Å². The summed E-state index contributed by atoms with van der Waals surface area (Å²) in [4.78, 5) is 0. The molecule has 0 aromatic rings. The van der Waals surface area contributed by atoms with Crippen molar-refractivity contribution >= 4 is 0 Å². The molecule has 0 N–H and O–H groups in total. The number of hydrogen-bond donors (Lipinski definition) is 0. The Bertz CT molecular complexity index is 103. The molecule has 0 spiro atoms. The van der Waals surface area contributed by atoms with Gasteiger partial charge in [-0.2, -0.15) is 0 Å². The highest BCUT2D eigenvalue weighted by atomic mass is 14.3. The third-order valence-electron chi connectivity index (χ3n) is 2.88. The molecular weight excluding hydrogens is 168 g/mol. The second kappa shape index (κ2) is 9.55. The zero-order chi connectivity index (χ0) is 11.6. The molecule has 0 aliphatic heterocycles. The van der Waals surface area contributed by atoms with Gasteiger partial charge >= 0.3 is 0 Å². The Kier molecular flexibility index (Phi) is 11.2. The predicted octanol–water partition coefficient (Wildman–Crippen LogP) is 5.67. The molecule has 0 heterocycles. The van der Waals surface area contributed by atoms with Crippen LogP contribution in [0.25, 0.3) is 0 Å². The van der Waals surface area contributed by atoms with Gasteiger partial charge in [-0.1, -0.05) is 67.7 Å². The number of hydrogen-bond acceptors (Lipinski definition) is 0. The van der Waals surface area contributed by atoms with Crippen molar-refractivity contribution in [2.24, 2.45) is 11.3 Å². The fraction of sp³-hybridized carbons (Fsp3) is 1.00. The van der Waals surface area contributed by atoms with Crippen molar-refractivity contribution in [1.29, 1.82) is 0 Å². The molecule has 1 aliphatic carbocycles. The normalized spacial score (nSPS) is 23.8. The Labute approximate surface area is 92.5 Å². The van der Waals surface area contributed by atoms with Crippen LogP contribution in [0.3, 0.4) is 0 Å². The third-order valence-corrected chi connectivity index (χ3v) is 2.88. The quantitative estimate of drug-likeness (QED) is 0.512. The zero-order valence-electron chi connectivity index (χ0n) is 11.6. The van der Waals surface area contributed by atoms with Gasteiger partial charge < -0.3 is 0 Å². The summed E-state index contributed by atoms with van der Waals surface area (Å²) >= 11 is 0. The minimum Gasteiger partial charge on any atom is -0.0683 e. The van der Waals surface area contributed by atoms with Crippen molar-refractivity contribution in [2.75, 3.05) is 0 Å². The average molecular weight is 200 g/mol. The summed E-state index contributed by atoms with van der Waals surface area (Å²) in [6.07, 6.45) is 7.25. The maximum Gasteiger partial charge on any atom is -0.0352 e. The van der Waals surface area contributed by atoms with E-state index in [9.17, 15) is 0 Å². The molecule has 0 amide bonds. The molecule has 1 aliphatic rings. The summed E-state index contributed by atoms with van der Waals surface area (Å²) in [7, 11) is 0. The minimum absolute atomic E-state index is 0.652. The van der Waals surface area contributed by atoms with Crippen molar-refractivity contribution in [3.05, 3.63) is 0 Å². The van der Waals surface area contributed by atoms with E-state index in [-0.39, 0.29) is 0 Å². The molecule has 1 unspecified atom stereocenters. The molecule has 1 fully saturated rings. The molecule has 88 valence electrons. The van der Waals surface area contributed by atoms with E-state index in [1.165, 1.54) is 32.1 Å². The Morgan fingerprint density at radius 2 is 1.57 bits per heavy atom. The molecule has 1 rings (SSSR count). The Hall–Kier alpha value is 0. The Morgan fingerprint density at radius 3 is 1.86 bits per heavy atom. The van der Waals surface area contributed by atoms with Crippen molar-refractivity contribution in [3.8, 4) is 0 Å². The summed E-state index contributed by atoms with van der Waals surface area (Å²) in [5.41, 5.74) is 0.652. The van der Waals surface area contributed by atoms with Crippen LogP contribution < -0.4 is 0 Å². The van der Waals surface area contributed by atoms with Crippen molar-refractivity contribution in [2.45, 2.75) is 80.6 Å². The van der Waals surface area contributed by atoms with E-state index >= 15 is 0 Å². The van der Waals surface area contributed by atoms with Crippen molar-refractivity contribution < 1.29 is 0 Å². The van der Waals surface area contributed by atoms with E-state index in [0.717, 1.165) is 5.92 Å². The Balaban J connectivity index is 0. The molecule has 0 heteroatoms. The zero-order valence-corrected chi connectivity index (χ0v) is 11.6. The average Bonchev–Trinajstić information content (AvgIpc) is 2.22. The summed E-state index contributed by atoms with van der Waals surface area (Å²) in [6, 6.07) is 0. The van der Waals surface area contributed by atoms with Crippen LogP contribution in [0.2, 0.25) is 0 Å². The van der Waals surface area contributed by atoms with Crippen LogP contribution in [-0.4, -0.2) is 0 Å². The van der Waals surface area contributed by atoms with Crippen LogP contribution in [0.5, 0.6) is 0 Å². The summed E-state index contributed by atoms with van der Waals surface area (Å²) in [6.45, 7) is 15.1. The molecule has 1 atom stereocenters. The summed E-state index contributed by atoms with van der Waals surface area (Å²) in [5, 5.41) is 0. The molecule has 0 saturated heterocycles. The van der Waals surface area contributed by atoms with E-state index in [2.05, 4.69) is 20.8 Å². The van der Waals surface area contributed by atoms with Gasteiger partial charge in [0.15, 0.2) is 0 Å². The molecule has 0 aromatic carbocycles. The van der Waals surface area contributed by atoms with Crippen molar-refractivity contribution in [3.63, 3.8) is 0 Å². The predicted molar refractivity (Wildman–Crippen MR) is 68.7 cm³/mol. The van der Waals surface area contributed by atoms with Gasteiger partial charge in [0.2, 0.25) is 0 Å². The topological polar surface area (TPSA) is 0 Å². The standard InChI is InChI=1S/C10H20.2C2H6/c1-4-9-6-5-7-10(2,3)8-9;2*1-2/h9H,4-8H2,1-3H3;2*1-2H3. The summed E-state index contributed by atoms with van der Waals surface area (Å²) in [5.74, 6) is 1.03. The molecule has 0 aromatic heterocycles. The fourth-order valence-corrected chi connectivity index (χ4v) is 2.20. The largest absolute Gasteiger partial charge is 0.0683 e. The van der Waals surface area contributed by atoms with E-state index in [1.807, 2.05) is 27.7 Å². The highest BCUT2D eigenvalue weighted by Crippen LogP contribution is 2.39. The van der Waals surface area contributed by atoms with E-state index in [4.69, 9.17) is 0 Å². The first-order valence-corrected chi connectivity index (χ1v) is 6.64. The fourth-order valence-electron chi connectivity index (χ4n) is 2.20. The van der Waals surface area contributed by atoms with Gasteiger partial charge in [-0.15, -0.1) is 0 Å². The highest BCUT2D eigenvalue weighted by Gasteiger charge is 2.26. The lowest BCUT2D eigenvalue weighted by Gasteiger charge is -2.34. The second-order valence-electron chi connectivity index (χ2n) is 4.53. The maximum absolute atomic E-state index is 2.41.